The van der Waals surface area contributed by atoms with Crippen LogP contribution in [0.1, 0.15) is 50.5 Å². The smallest absolute Gasteiger partial charge is 0.0781 e. The van der Waals surface area contributed by atoms with Crippen molar-refractivity contribution in [3.05, 3.63) is 48.0 Å². The van der Waals surface area contributed by atoms with E-state index in [1.165, 1.54) is 17.6 Å². The molecule has 0 heterocycles. The lowest BCUT2D eigenvalue weighted by Gasteiger charge is -2.52. The zero-order chi connectivity index (χ0) is 13.5. The molecule has 0 bridgehead atoms. The van der Waals surface area contributed by atoms with Crippen LogP contribution < -0.4 is 0 Å². The van der Waals surface area contributed by atoms with E-state index in [9.17, 15) is 5.11 Å². The minimum Gasteiger partial charge on any atom is -0.389 e. The molecule has 1 aromatic rings. The van der Waals surface area contributed by atoms with E-state index in [1.54, 1.807) is 0 Å². The molecule has 0 unspecified atom stereocenters. The summed E-state index contributed by atoms with van der Waals surface area (Å²) >= 11 is 0. The molecule has 4 atom stereocenters. The van der Waals surface area contributed by atoms with Crippen molar-refractivity contribution in [2.75, 3.05) is 0 Å². The molecular weight excluding hydrogens is 232 g/mol. The second-order valence-electron chi connectivity index (χ2n) is 6.46. The minimum atomic E-state index is -0.552. The molecule has 2 saturated carbocycles. The van der Waals surface area contributed by atoms with Crippen LogP contribution in [0.15, 0.2) is 42.5 Å². The Kier molecular flexibility index (Phi) is 3.26. The zero-order valence-corrected chi connectivity index (χ0v) is 11.8. The molecule has 0 spiro atoms. The first-order chi connectivity index (χ1) is 9.13. The van der Waals surface area contributed by atoms with Gasteiger partial charge in [0.2, 0.25) is 0 Å². The van der Waals surface area contributed by atoms with E-state index in [-0.39, 0.29) is 5.92 Å². The van der Waals surface area contributed by atoms with Crippen LogP contribution in [0.25, 0.3) is 0 Å². The van der Waals surface area contributed by atoms with Gasteiger partial charge in [0.05, 0.1) is 5.60 Å². The van der Waals surface area contributed by atoms with E-state index in [2.05, 4.69) is 43.8 Å². The first-order valence-corrected chi connectivity index (χ1v) is 7.59. The molecule has 19 heavy (non-hydrogen) atoms. The third-order valence-electron chi connectivity index (χ3n) is 5.40. The number of aliphatic hydroxyl groups is 1. The molecule has 0 saturated heterocycles. The quantitative estimate of drug-likeness (QED) is 0.743. The lowest BCUT2D eigenvalue weighted by atomic mass is 9.56. The maximum atomic E-state index is 11.3. The average molecular weight is 256 g/mol. The molecule has 2 fully saturated rings. The fourth-order valence-corrected chi connectivity index (χ4v) is 4.27. The molecule has 0 amide bonds. The predicted octanol–water partition coefficient (Wildman–Crippen LogP) is 4.29. The van der Waals surface area contributed by atoms with Gasteiger partial charge in [-0.2, -0.15) is 0 Å². The lowest BCUT2D eigenvalue weighted by molar-refractivity contribution is -0.0784. The standard InChI is InChI=1S/C18H24O/c1-13-12-17(15-8-4-3-5-9-15)18(19)11-7-6-10-16(18)14(13)2/h3-5,8-9,13,16-17,19H,2,6-7,10-12H2,1H3/t13-,16+,17+,18+/m1/s1. The molecule has 1 heteroatoms. The van der Waals surface area contributed by atoms with E-state index in [0.717, 1.165) is 25.7 Å². The Morgan fingerprint density at radius 2 is 1.89 bits per heavy atom. The van der Waals surface area contributed by atoms with Crippen LogP contribution in [0.2, 0.25) is 0 Å². The summed E-state index contributed by atoms with van der Waals surface area (Å²) < 4.78 is 0. The van der Waals surface area contributed by atoms with E-state index in [1.807, 2.05) is 0 Å². The van der Waals surface area contributed by atoms with Gasteiger partial charge in [0.25, 0.3) is 0 Å². The van der Waals surface area contributed by atoms with Crippen molar-refractivity contribution in [1.82, 2.24) is 0 Å². The Balaban J connectivity index is 2.01. The van der Waals surface area contributed by atoms with Gasteiger partial charge < -0.3 is 5.11 Å². The molecule has 1 N–H and O–H groups in total. The van der Waals surface area contributed by atoms with Crippen LogP contribution in [-0.2, 0) is 0 Å². The van der Waals surface area contributed by atoms with Gasteiger partial charge in [-0.15, -0.1) is 0 Å². The zero-order valence-electron chi connectivity index (χ0n) is 11.8. The van der Waals surface area contributed by atoms with Crippen molar-refractivity contribution in [3.63, 3.8) is 0 Å². The van der Waals surface area contributed by atoms with Crippen molar-refractivity contribution in [1.29, 1.82) is 0 Å². The van der Waals surface area contributed by atoms with Gasteiger partial charge in [0, 0.05) is 11.8 Å². The maximum absolute atomic E-state index is 11.3. The first kappa shape index (κ1) is 12.9. The highest BCUT2D eigenvalue weighted by Gasteiger charge is 2.51. The Bertz CT molecular complexity index is 464. The number of hydrogen-bond acceptors (Lipinski definition) is 1. The molecule has 0 radical (unpaired) electrons. The third kappa shape index (κ3) is 2.04. The van der Waals surface area contributed by atoms with Gasteiger partial charge in [-0.1, -0.05) is 62.2 Å². The molecular formula is C18H24O. The Hall–Kier alpha value is -1.08. The van der Waals surface area contributed by atoms with Gasteiger partial charge in [-0.05, 0) is 30.7 Å². The molecule has 102 valence electrons. The third-order valence-corrected chi connectivity index (χ3v) is 5.40. The normalized spacial score (nSPS) is 38.8. The van der Waals surface area contributed by atoms with Crippen LogP contribution in [0.5, 0.6) is 0 Å². The predicted molar refractivity (Wildman–Crippen MR) is 79.0 cm³/mol. The van der Waals surface area contributed by atoms with E-state index in [0.29, 0.717) is 11.8 Å². The summed E-state index contributed by atoms with van der Waals surface area (Å²) in [6.45, 7) is 6.56. The highest BCUT2D eigenvalue weighted by molar-refractivity contribution is 5.30. The Labute approximate surface area is 116 Å². The average Bonchev–Trinajstić information content (AvgIpc) is 2.44. The highest BCUT2D eigenvalue weighted by Crippen LogP contribution is 2.54. The summed E-state index contributed by atoms with van der Waals surface area (Å²) in [4.78, 5) is 0. The molecule has 2 aliphatic carbocycles. The van der Waals surface area contributed by atoms with E-state index < -0.39 is 5.60 Å². The van der Waals surface area contributed by atoms with E-state index >= 15 is 0 Å². The van der Waals surface area contributed by atoms with Crippen molar-refractivity contribution >= 4 is 0 Å². The van der Waals surface area contributed by atoms with Gasteiger partial charge in [0.15, 0.2) is 0 Å². The summed E-state index contributed by atoms with van der Waals surface area (Å²) in [5.41, 5.74) is 2.04. The topological polar surface area (TPSA) is 20.2 Å². The minimum absolute atomic E-state index is 0.277. The van der Waals surface area contributed by atoms with Crippen LogP contribution >= 0.6 is 0 Å². The van der Waals surface area contributed by atoms with Crippen molar-refractivity contribution in [2.24, 2.45) is 11.8 Å². The fourth-order valence-electron chi connectivity index (χ4n) is 4.27. The van der Waals surface area contributed by atoms with Gasteiger partial charge in [0.1, 0.15) is 0 Å². The second-order valence-corrected chi connectivity index (χ2v) is 6.46. The molecule has 3 rings (SSSR count). The van der Waals surface area contributed by atoms with Gasteiger partial charge >= 0.3 is 0 Å². The van der Waals surface area contributed by atoms with Gasteiger partial charge in [-0.3, -0.25) is 0 Å². The number of hydrogen-bond donors (Lipinski definition) is 1. The van der Waals surface area contributed by atoms with Crippen molar-refractivity contribution in [2.45, 2.75) is 50.5 Å². The molecule has 0 aromatic heterocycles. The molecule has 2 aliphatic rings. The summed E-state index contributed by atoms with van der Waals surface area (Å²) in [6.07, 6.45) is 5.47. The summed E-state index contributed by atoms with van der Waals surface area (Å²) in [7, 11) is 0. The summed E-state index contributed by atoms with van der Waals surface area (Å²) in [5.74, 6) is 1.10. The summed E-state index contributed by atoms with van der Waals surface area (Å²) in [5, 5.41) is 11.3. The number of benzene rings is 1. The van der Waals surface area contributed by atoms with Crippen LogP contribution in [0.3, 0.4) is 0 Å². The first-order valence-electron chi connectivity index (χ1n) is 7.59. The maximum Gasteiger partial charge on any atom is 0.0781 e. The Morgan fingerprint density at radius 1 is 1.16 bits per heavy atom. The van der Waals surface area contributed by atoms with Crippen LogP contribution in [0.4, 0.5) is 0 Å². The van der Waals surface area contributed by atoms with Crippen LogP contribution in [0, 0.1) is 11.8 Å². The second kappa shape index (κ2) is 4.79. The monoisotopic (exact) mass is 256 g/mol. The molecule has 1 nitrogen and oxygen atoms in total. The lowest BCUT2D eigenvalue weighted by Crippen LogP contribution is -2.51. The van der Waals surface area contributed by atoms with Crippen LogP contribution in [-0.4, -0.2) is 10.7 Å². The molecule has 1 aromatic carbocycles. The highest BCUT2D eigenvalue weighted by atomic mass is 16.3. The molecule has 0 aliphatic heterocycles. The largest absolute Gasteiger partial charge is 0.389 e. The SMILES string of the molecule is C=C1[C@H](C)C[C@@H](c2ccccc2)[C@]2(O)CCCC[C@@H]12. The van der Waals surface area contributed by atoms with Gasteiger partial charge in [-0.25, -0.2) is 0 Å². The van der Waals surface area contributed by atoms with Crippen molar-refractivity contribution < 1.29 is 5.11 Å². The number of fused-ring (bicyclic) bond motifs is 1. The Morgan fingerprint density at radius 3 is 2.63 bits per heavy atom. The van der Waals surface area contributed by atoms with Crippen molar-refractivity contribution in [3.8, 4) is 0 Å². The fraction of sp³-hybridized carbons (Fsp3) is 0.556. The van der Waals surface area contributed by atoms with E-state index in [4.69, 9.17) is 0 Å². The number of rotatable bonds is 1. The summed E-state index contributed by atoms with van der Waals surface area (Å²) in [6, 6.07) is 10.6.